The van der Waals surface area contributed by atoms with E-state index >= 15 is 4.39 Å². The van der Waals surface area contributed by atoms with Gasteiger partial charge in [0.15, 0.2) is 5.82 Å². The second-order valence-electron chi connectivity index (χ2n) is 12.9. The van der Waals surface area contributed by atoms with Gasteiger partial charge in [-0.2, -0.15) is 9.97 Å². The van der Waals surface area contributed by atoms with Crippen molar-refractivity contribution in [3.63, 3.8) is 0 Å². The lowest BCUT2D eigenvalue weighted by Gasteiger charge is -2.35. The van der Waals surface area contributed by atoms with Crippen molar-refractivity contribution >= 4 is 27.5 Å². The number of aromatic nitrogens is 3. The van der Waals surface area contributed by atoms with Crippen molar-refractivity contribution in [1.29, 1.82) is 0 Å². The molecule has 2 aromatic heterocycles. The Kier molecular flexibility index (Phi) is 6.73. The van der Waals surface area contributed by atoms with E-state index in [4.69, 9.17) is 16.1 Å². The molecule has 0 amide bonds. The van der Waals surface area contributed by atoms with E-state index in [1.54, 1.807) is 30.5 Å². The number of pyridine rings is 1. The first-order chi connectivity index (χ1) is 21.9. The molecule has 4 aromatic rings. The molecule has 10 heteroatoms. The first-order valence-electron chi connectivity index (χ1n) is 15.5. The lowest BCUT2D eigenvalue weighted by atomic mass is 9.94. The topological polar surface area (TPSA) is 66.4 Å². The molecule has 4 aliphatic rings. The first-order valence-corrected chi connectivity index (χ1v) is 15.5. The van der Waals surface area contributed by atoms with Gasteiger partial charge >= 0.3 is 6.01 Å². The third kappa shape index (κ3) is 4.55. The maximum Gasteiger partial charge on any atom is 0.319 e. The van der Waals surface area contributed by atoms with Crippen LogP contribution in [-0.2, 0) is 0 Å². The lowest BCUT2D eigenvalue weighted by Crippen LogP contribution is -2.51. The van der Waals surface area contributed by atoms with E-state index < -0.39 is 18.3 Å². The molecule has 0 saturated carbocycles. The van der Waals surface area contributed by atoms with E-state index in [1.807, 2.05) is 0 Å². The fourth-order valence-corrected chi connectivity index (χ4v) is 8.11. The number of anilines is 1. The summed E-state index contributed by atoms with van der Waals surface area (Å²) in [5.74, 6) is 1.78. The smallest absolute Gasteiger partial charge is 0.319 e. The zero-order valence-corrected chi connectivity index (χ0v) is 24.8. The van der Waals surface area contributed by atoms with Crippen molar-refractivity contribution in [3.05, 3.63) is 65.9 Å². The molecule has 0 aliphatic carbocycles. The Morgan fingerprint density at radius 3 is 2.71 bits per heavy atom. The van der Waals surface area contributed by atoms with Crippen LogP contribution in [0.1, 0.15) is 37.7 Å². The van der Waals surface area contributed by atoms with Crippen LogP contribution < -0.4 is 15.0 Å². The van der Waals surface area contributed by atoms with Gasteiger partial charge in [0.1, 0.15) is 36.1 Å². The van der Waals surface area contributed by atoms with E-state index in [2.05, 4.69) is 37.6 Å². The maximum atomic E-state index is 16.8. The molecular weight excluding hydrogens is 577 g/mol. The first kappa shape index (κ1) is 28.3. The molecule has 2 bridgehead atoms. The average molecular weight is 611 g/mol. The summed E-state index contributed by atoms with van der Waals surface area (Å²) in [4.78, 5) is 18.4. The number of halogens is 3. The molecule has 2 aromatic carbocycles. The van der Waals surface area contributed by atoms with Gasteiger partial charge in [0.05, 0.1) is 16.5 Å². The Morgan fingerprint density at radius 1 is 1.11 bits per heavy atom. The summed E-state index contributed by atoms with van der Waals surface area (Å²) in [5.41, 5.74) is 1.18. The number of terminal acetylenes is 1. The quantitative estimate of drug-likeness (QED) is 0.227. The fourth-order valence-electron chi connectivity index (χ4n) is 8.11. The SMILES string of the molecule is C#Cc1c(F)ccc2cccc(-c3ncc4c(N5CC6CCC(C5)N6)nc(OC[C@@]56CC[C@@H](CF)N5CC(=C)C6)nc4c3F)c12. The normalized spacial score (nSPS) is 26.1. The van der Waals surface area contributed by atoms with E-state index in [0.29, 0.717) is 52.6 Å². The number of benzene rings is 2. The Labute approximate surface area is 259 Å². The van der Waals surface area contributed by atoms with Crippen molar-refractivity contribution in [3.8, 4) is 29.6 Å². The van der Waals surface area contributed by atoms with Crippen LogP contribution in [0.4, 0.5) is 19.0 Å². The number of fused-ring (bicyclic) bond motifs is 5. The molecule has 4 aliphatic heterocycles. The predicted molar refractivity (Wildman–Crippen MR) is 168 cm³/mol. The van der Waals surface area contributed by atoms with Gasteiger partial charge in [-0.05, 0) is 43.6 Å². The maximum absolute atomic E-state index is 16.8. The summed E-state index contributed by atoms with van der Waals surface area (Å²) in [6, 6.07) is 8.72. The molecule has 0 radical (unpaired) electrons. The minimum Gasteiger partial charge on any atom is -0.461 e. The van der Waals surface area contributed by atoms with Gasteiger partial charge in [-0.25, -0.2) is 13.2 Å². The summed E-state index contributed by atoms with van der Waals surface area (Å²) < 4.78 is 51.8. The summed E-state index contributed by atoms with van der Waals surface area (Å²) in [5, 5.41) is 5.20. The summed E-state index contributed by atoms with van der Waals surface area (Å²) in [6.07, 6.45) is 11.7. The molecule has 230 valence electrons. The number of hydrogen-bond acceptors (Lipinski definition) is 7. The Hall–Kier alpha value is -4.20. The van der Waals surface area contributed by atoms with Crippen LogP contribution in [0.5, 0.6) is 6.01 Å². The van der Waals surface area contributed by atoms with Crippen LogP contribution >= 0.6 is 0 Å². The van der Waals surface area contributed by atoms with Gasteiger partial charge in [-0.3, -0.25) is 9.88 Å². The van der Waals surface area contributed by atoms with Gasteiger partial charge < -0.3 is 15.0 Å². The number of rotatable bonds is 6. The highest BCUT2D eigenvalue weighted by Crippen LogP contribution is 2.45. The summed E-state index contributed by atoms with van der Waals surface area (Å²) >= 11 is 0. The van der Waals surface area contributed by atoms with Crippen molar-refractivity contribution < 1.29 is 17.9 Å². The molecule has 7 nitrogen and oxygen atoms in total. The number of piperazine rings is 1. The minimum atomic E-state index is -0.661. The number of alkyl halides is 1. The molecular formula is C35H33F3N6O. The molecule has 4 atom stereocenters. The lowest BCUT2D eigenvalue weighted by molar-refractivity contribution is 0.0772. The molecule has 4 saturated heterocycles. The van der Waals surface area contributed by atoms with Crippen molar-refractivity contribution in [2.75, 3.05) is 37.8 Å². The highest BCUT2D eigenvalue weighted by Gasteiger charge is 2.51. The van der Waals surface area contributed by atoms with Crippen molar-refractivity contribution in [2.24, 2.45) is 0 Å². The zero-order chi connectivity index (χ0) is 30.9. The second kappa shape index (κ2) is 10.7. The van der Waals surface area contributed by atoms with E-state index in [9.17, 15) is 8.78 Å². The second-order valence-corrected chi connectivity index (χ2v) is 12.9. The van der Waals surface area contributed by atoms with E-state index in [0.717, 1.165) is 44.3 Å². The molecule has 0 spiro atoms. The average Bonchev–Trinajstić information content (AvgIpc) is 3.68. The molecule has 8 rings (SSSR count). The molecule has 4 fully saturated rings. The molecule has 2 unspecified atom stereocenters. The third-order valence-electron chi connectivity index (χ3n) is 10.2. The van der Waals surface area contributed by atoms with Gasteiger partial charge in [-0.1, -0.05) is 42.3 Å². The fraction of sp³-hybridized carbons (Fsp3) is 0.400. The monoisotopic (exact) mass is 610 g/mol. The van der Waals surface area contributed by atoms with Gasteiger partial charge in [0, 0.05) is 54.9 Å². The van der Waals surface area contributed by atoms with Crippen LogP contribution in [0.15, 0.2) is 48.7 Å². The number of nitrogens with one attached hydrogen (secondary N) is 1. The van der Waals surface area contributed by atoms with Crippen LogP contribution in [0.25, 0.3) is 32.9 Å². The Balaban J connectivity index is 1.25. The van der Waals surface area contributed by atoms with E-state index in [-0.39, 0.29) is 41.0 Å². The molecule has 1 N–H and O–H groups in total. The Morgan fingerprint density at radius 2 is 1.93 bits per heavy atom. The molecule has 45 heavy (non-hydrogen) atoms. The standard InChI is InChI=1S/C35H33F3N6O/c1-3-25-28(37)10-7-21-5-4-6-26(29(21)25)31-30(38)32-27(15-39-31)33(43-17-22-8-9-23(18-43)40-22)42-34(41-32)45-19-35-12-11-24(14-36)44(35)16-20(2)13-35/h1,4-7,10,15,22-24,40H,2,8-9,11-14,16-19H2/t22?,23?,24-,35-/m0/s1. The van der Waals surface area contributed by atoms with Crippen LogP contribution in [-0.4, -0.2) is 76.4 Å². The van der Waals surface area contributed by atoms with Crippen LogP contribution in [0.3, 0.4) is 0 Å². The predicted octanol–water partition coefficient (Wildman–Crippen LogP) is 5.56. The zero-order valence-electron chi connectivity index (χ0n) is 24.8. The van der Waals surface area contributed by atoms with Gasteiger partial charge in [0.2, 0.25) is 0 Å². The summed E-state index contributed by atoms with van der Waals surface area (Å²) in [6.45, 7) is 6.07. The highest BCUT2D eigenvalue weighted by molar-refractivity contribution is 6.02. The van der Waals surface area contributed by atoms with Crippen LogP contribution in [0, 0.1) is 24.0 Å². The van der Waals surface area contributed by atoms with Gasteiger partial charge in [0.25, 0.3) is 0 Å². The third-order valence-corrected chi connectivity index (χ3v) is 10.2. The Bertz CT molecular complexity index is 1900. The number of ether oxygens (including phenoxy) is 1. The highest BCUT2D eigenvalue weighted by atomic mass is 19.1. The number of hydrogen-bond donors (Lipinski definition) is 1. The van der Waals surface area contributed by atoms with Crippen LogP contribution in [0.2, 0.25) is 0 Å². The molecule has 6 heterocycles. The minimum absolute atomic E-state index is 0.0182. The summed E-state index contributed by atoms with van der Waals surface area (Å²) in [7, 11) is 0. The van der Waals surface area contributed by atoms with Crippen molar-refractivity contribution in [2.45, 2.75) is 55.8 Å². The van der Waals surface area contributed by atoms with E-state index in [1.165, 1.54) is 6.07 Å². The largest absolute Gasteiger partial charge is 0.461 e. The van der Waals surface area contributed by atoms with Crippen molar-refractivity contribution in [1.82, 2.24) is 25.2 Å². The van der Waals surface area contributed by atoms with Gasteiger partial charge in [-0.15, -0.1) is 6.42 Å². The number of nitrogens with zero attached hydrogens (tertiary/aromatic N) is 5.